The van der Waals surface area contributed by atoms with Gasteiger partial charge in [-0.1, -0.05) is 127 Å². The first kappa shape index (κ1) is 22.6. The first-order valence-corrected chi connectivity index (χ1v) is 14.3. The summed E-state index contributed by atoms with van der Waals surface area (Å²) in [5.74, 6) is 0. The number of nitrogens with one attached hydrogen (secondary N) is 1. The summed E-state index contributed by atoms with van der Waals surface area (Å²) in [5, 5.41) is 6.74. The standard InChI is InChI=1S/C29H29NO2Si/c1-33(2,27-15-7-4-8-16-27)20-19-28(26-18-17-24-13-9-10-14-25(24)21-26)30-29(31)32-22-23-11-5-3-6-12-23/h3-21,28H,22H2,1-2H3,(H,30,31)/b20-19+. The van der Waals surface area contributed by atoms with Crippen LogP contribution in [0.4, 0.5) is 4.79 Å². The molecule has 4 heteroatoms. The van der Waals surface area contributed by atoms with Crippen molar-refractivity contribution in [1.29, 1.82) is 0 Å². The molecule has 4 aromatic carbocycles. The molecule has 1 unspecified atom stereocenters. The van der Waals surface area contributed by atoms with Gasteiger partial charge < -0.3 is 10.1 Å². The van der Waals surface area contributed by atoms with Gasteiger partial charge >= 0.3 is 6.09 Å². The van der Waals surface area contributed by atoms with Crippen molar-refractivity contribution < 1.29 is 9.53 Å². The number of ether oxygens (including phenoxy) is 1. The maximum absolute atomic E-state index is 12.7. The molecular weight excluding hydrogens is 422 g/mol. The van der Waals surface area contributed by atoms with E-state index < -0.39 is 14.2 Å². The summed E-state index contributed by atoms with van der Waals surface area (Å²) in [6.07, 6.45) is 1.69. The van der Waals surface area contributed by atoms with Gasteiger partial charge in [0.05, 0.1) is 6.04 Å². The summed E-state index contributed by atoms with van der Waals surface area (Å²) < 4.78 is 5.51. The zero-order chi connectivity index (χ0) is 23.1. The number of hydrogen-bond donors (Lipinski definition) is 1. The first-order chi connectivity index (χ1) is 16.0. The zero-order valence-electron chi connectivity index (χ0n) is 19.1. The fraction of sp³-hybridized carbons (Fsp3) is 0.138. The predicted molar refractivity (Wildman–Crippen MR) is 139 cm³/mol. The van der Waals surface area contributed by atoms with E-state index in [-0.39, 0.29) is 12.6 Å². The summed E-state index contributed by atoms with van der Waals surface area (Å²) >= 11 is 0. The van der Waals surface area contributed by atoms with E-state index >= 15 is 0 Å². The topological polar surface area (TPSA) is 38.3 Å². The molecule has 0 saturated carbocycles. The average molecular weight is 452 g/mol. The lowest BCUT2D eigenvalue weighted by atomic mass is 10.0. The molecule has 3 nitrogen and oxygen atoms in total. The van der Waals surface area contributed by atoms with E-state index in [1.165, 1.54) is 10.6 Å². The zero-order valence-corrected chi connectivity index (χ0v) is 20.1. The molecule has 1 atom stereocenters. The van der Waals surface area contributed by atoms with Crippen LogP contribution >= 0.6 is 0 Å². The maximum atomic E-state index is 12.7. The fourth-order valence-electron chi connectivity index (χ4n) is 3.84. The summed E-state index contributed by atoms with van der Waals surface area (Å²) in [5.41, 5.74) is 4.28. The Bertz CT molecular complexity index is 1240. The van der Waals surface area contributed by atoms with Crippen molar-refractivity contribution in [3.63, 3.8) is 0 Å². The molecule has 0 aliphatic heterocycles. The number of carbonyl (C=O) groups excluding carboxylic acids is 1. The Morgan fingerprint density at radius 1 is 0.848 bits per heavy atom. The number of benzene rings is 4. The van der Waals surface area contributed by atoms with Crippen LogP contribution in [0.5, 0.6) is 0 Å². The van der Waals surface area contributed by atoms with Gasteiger partial charge in [-0.15, -0.1) is 0 Å². The van der Waals surface area contributed by atoms with Gasteiger partial charge in [0.2, 0.25) is 0 Å². The molecule has 166 valence electrons. The van der Waals surface area contributed by atoms with Crippen molar-refractivity contribution in [2.24, 2.45) is 0 Å². The third kappa shape index (κ3) is 5.99. The van der Waals surface area contributed by atoms with Crippen LogP contribution < -0.4 is 10.5 Å². The van der Waals surface area contributed by atoms with E-state index in [1.54, 1.807) is 0 Å². The Kier molecular flexibility index (Phi) is 7.06. The summed E-state index contributed by atoms with van der Waals surface area (Å²) in [6.45, 7) is 4.86. The summed E-state index contributed by atoms with van der Waals surface area (Å²) in [6, 6.07) is 34.6. The number of hydrogen-bond acceptors (Lipinski definition) is 2. The minimum atomic E-state index is -1.82. The van der Waals surface area contributed by atoms with E-state index in [4.69, 9.17) is 4.74 Å². The molecule has 0 bridgehead atoms. The van der Waals surface area contributed by atoms with Gasteiger partial charge in [0.25, 0.3) is 0 Å². The molecule has 1 N–H and O–H groups in total. The number of rotatable bonds is 7. The number of amides is 1. The Hall–Kier alpha value is -3.63. The van der Waals surface area contributed by atoms with Crippen LogP contribution in [-0.2, 0) is 11.3 Å². The third-order valence-electron chi connectivity index (χ3n) is 5.84. The highest BCUT2D eigenvalue weighted by Gasteiger charge is 2.21. The molecule has 0 spiro atoms. The minimum absolute atomic E-state index is 0.241. The van der Waals surface area contributed by atoms with Crippen LogP contribution in [0.15, 0.2) is 115 Å². The first-order valence-electron chi connectivity index (χ1n) is 11.2. The van der Waals surface area contributed by atoms with Gasteiger partial charge in [-0.05, 0) is 28.0 Å². The second-order valence-electron chi connectivity index (χ2n) is 8.74. The fourth-order valence-corrected chi connectivity index (χ4v) is 5.75. The third-order valence-corrected chi connectivity index (χ3v) is 8.69. The average Bonchev–Trinajstić information content (AvgIpc) is 2.86. The van der Waals surface area contributed by atoms with Crippen molar-refractivity contribution in [2.75, 3.05) is 0 Å². The van der Waals surface area contributed by atoms with Crippen LogP contribution in [0.1, 0.15) is 17.2 Å². The molecular formula is C29H29NO2Si. The number of fused-ring (bicyclic) bond motifs is 1. The molecule has 0 fully saturated rings. The highest BCUT2D eigenvalue weighted by molar-refractivity contribution is 6.93. The van der Waals surface area contributed by atoms with E-state index in [1.807, 2.05) is 48.5 Å². The Morgan fingerprint density at radius 3 is 2.21 bits per heavy atom. The molecule has 0 radical (unpaired) electrons. The SMILES string of the molecule is C[Si](C)(/C=C/C(NC(=O)OCc1ccccc1)c1ccc2ccccc2c1)c1ccccc1. The van der Waals surface area contributed by atoms with E-state index in [9.17, 15) is 4.79 Å². The smallest absolute Gasteiger partial charge is 0.408 e. The summed E-state index contributed by atoms with van der Waals surface area (Å²) in [7, 11) is -1.82. The van der Waals surface area contributed by atoms with Crippen LogP contribution in [0.3, 0.4) is 0 Å². The number of carbonyl (C=O) groups is 1. The molecule has 0 aromatic heterocycles. The van der Waals surface area contributed by atoms with Crippen molar-refractivity contribution in [3.8, 4) is 0 Å². The molecule has 0 aliphatic carbocycles. The second kappa shape index (κ2) is 10.3. The molecule has 0 heterocycles. The lowest BCUT2D eigenvalue weighted by Crippen LogP contribution is -2.39. The van der Waals surface area contributed by atoms with Gasteiger partial charge in [0, 0.05) is 0 Å². The van der Waals surface area contributed by atoms with Crippen LogP contribution in [-0.4, -0.2) is 14.2 Å². The van der Waals surface area contributed by atoms with E-state index in [0.29, 0.717) is 0 Å². The van der Waals surface area contributed by atoms with Crippen molar-refractivity contribution in [3.05, 3.63) is 126 Å². The Balaban J connectivity index is 1.57. The highest BCUT2D eigenvalue weighted by Crippen LogP contribution is 2.22. The quantitative estimate of drug-likeness (QED) is 0.325. The highest BCUT2D eigenvalue weighted by atomic mass is 28.3. The normalized spacial score (nSPS) is 12.5. The lowest BCUT2D eigenvalue weighted by molar-refractivity contribution is 0.137. The predicted octanol–water partition coefficient (Wildman–Crippen LogP) is 6.52. The Morgan fingerprint density at radius 2 is 1.48 bits per heavy atom. The van der Waals surface area contributed by atoms with Crippen LogP contribution in [0.25, 0.3) is 10.8 Å². The Labute approximate surface area is 196 Å². The lowest BCUT2D eigenvalue weighted by Gasteiger charge is -2.21. The molecule has 4 rings (SSSR count). The molecule has 1 amide bonds. The summed E-state index contributed by atoms with van der Waals surface area (Å²) in [4.78, 5) is 12.7. The maximum Gasteiger partial charge on any atom is 0.408 e. The largest absolute Gasteiger partial charge is 0.445 e. The number of alkyl carbamates (subject to hydrolysis) is 1. The molecule has 4 aromatic rings. The molecule has 33 heavy (non-hydrogen) atoms. The molecule has 0 aliphatic rings. The van der Waals surface area contributed by atoms with Gasteiger partial charge in [-0.25, -0.2) is 4.79 Å². The van der Waals surface area contributed by atoms with E-state index in [0.717, 1.165) is 16.5 Å². The van der Waals surface area contributed by atoms with Crippen LogP contribution in [0, 0.1) is 0 Å². The van der Waals surface area contributed by atoms with Gasteiger partial charge in [0.1, 0.15) is 14.7 Å². The van der Waals surface area contributed by atoms with Gasteiger partial charge in [0.15, 0.2) is 0 Å². The minimum Gasteiger partial charge on any atom is -0.445 e. The van der Waals surface area contributed by atoms with E-state index in [2.05, 4.69) is 84.8 Å². The van der Waals surface area contributed by atoms with Gasteiger partial charge in [-0.2, -0.15) is 0 Å². The van der Waals surface area contributed by atoms with Crippen molar-refractivity contribution in [1.82, 2.24) is 5.32 Å². The second-order valence-corrected chi connectivity index (χ2v) is 13.1. The van der Waals surface area contributed by atoms with Crippen molar-refractivity contribution in [2.45, 2.75) is 25.7 Å². The molecule has 0 saturated heterocycles. The van der Waals surface area contributed by atoms with Crippen LogP contribution in [0.2, 0.25) is 13.1 Å². The monoisotopic (exact) mass is 451 g/mol. The van der Waals surface area contributed by atoms with Crippen molar-refractivity contribution >= 4 is 30.1 Å². The van der Waals surface area contributed by atoms with Gasteiger partial charge in [-0.3, -0.25) is 0 Å².